The number of ether oxygens (including phenoxy) is 1. The van der Waals surface area contributed by atoms with Crippen LogP contribution in [0.1, 0.15) is 46.0 Å². The number of allylic oxidation sites excluding steroid dienone is 1. The topological polar surface area (TPSA) is 21.3 Å². The van der Waals surface area contributed by atoms with Gasteiger partial charge in [-0.2, -0.15) is 0 Å². The molecule has 88 valence electrons. The molecule has 1 N–H and O–H groups in total. The Bertz CT molecular complexity index is 201. The van der Waals surface area contributed by atoms with Gasteiger partial charge in [0.05, 0.1) is 12.1 Å². The predicted octanol–water partition coefficient (Wildman–Crippen LogP) is 2.89. The third-order valence-corrected chi connectivity index (χ3v) is 3.24. The molecule has 0 radical (unpaired) electrons. The van der Waals surface area contributed by atoms with E-state index in [1.54, 1.807) is 12.7 Å². The molecule has 0 heterocycles. The molecule has 1 aliphatic rings. The highest BCUT2D eigenvalue weighted by atomic mass is 16.5. The Morgan fingerprint density at radius 3 is 2.87 bits per heavy atom. The van der Waals surface area contributed by atoms with Crippen LogP contribution in [0.4, 0.5) is 0 Å². The van der Waals surface area contributed by atoms with Gasteiger partial charge in [0.15, 0.2) is 0 Å². The Morgan fingerprint density at radius 2 is 2.20 bits per heavy atom. The molecule has 0 spiro atoms. The molecule has 0 aromatic rings. The van der Waals surface area contributed by atoms with Crippen molar-refractivity contribution in [3.05, 3.63) is 11.6 Å². The van der Waals surface area contributed by atoms with Gasteiger partial charge in [-0.25, -0.2) is 0 Å². The Balaban J connectivity index is 2.63. The van der Waals surface area contributed by atoms with E-state index in [4.69, 9.17) is 4.74 Å². The molecule has 0 aliphatic heterocycles. The normalized spacial score (nSPS) is 21.7. The molecule has 0 bridgehead atoms. The van der Waals surface area contributed by atoms with Crippen molar-refractivity contribution in [1.82, 2.24) is 5.32 Å². The van der Waals surface area contributed by atoms with Crippen molar-refractivity contribution in [2.24, 2.45) is 0 Å². The SMILES string of the molecule is CCNC(C1=CCCCCC1)C(C)OC. The fraction of sp³-hybridized carbons (Fsp3) is 0.846. The fourth-order valence-corrected chi connectivity index (χ4v) is 2.28. The molecule has 0 aromatic carbocycles. The van der Waals surface area contributed by atoms with Crippen LogP contribution in [0.25, 0.3) is 0 Å². The summed E-state index contributed by atoms with van der Waals surface area (Å²) in [5.74, 6) is 0. The Hall–Kier alpha value is -0.340. The number of hydrogen-bond acceptors (Lipinski definition) is 2. The van der Waals surface area contributed by atoms with E-state index in [0.29, 0.717) is 6.04 Å². The zero-order valence-corrected chi connectivity index (χ0v) is 10.4. The van der Waals surface area contributed by atoms with Crippen LogP contribution in [-0.2, 0) is 4.74 Å². The second-order valence-electron chi connectivity index (χ2n) is 4.35. The van der Waals surface area contributed by atoms with Gasteiger partial charge in [0.1, 0.15) is 0 Å². The molecule has 0 aromatic heterocycles. The van der Waals surface area contributed by atoms with Crippen molar-refractivity contribution in [2.75, 3.05) is 13.7 Å². The lowest BCUT2D eigenvalue weighted by Gasteiger charge is -2.26. The average Bonchev–Trinajstić information content (AvgIpc) is 2.53. The van der Waals surface area contributed by atoms with Crippen molar-refractivity contribution < 1.29 is 4.74 Å². The van der Waals surface area contributed by atoms with Crippen molar-refractivity contribution in [3.8, 4) is 0 Å². The Kier molecular flexibility index (Phi) is 5.96. The summed E-state index contributed by atoms with van der Waals surface area (Å²) in [4.78, 5) is 0. The van der Waals surface area contributed by atoms with Crippen molar-refractivity contribution in [3.63, 3.8) is 0 Å². The lowest BCUT2D eigenvalue weighted by molar-refractivity contribution is 0.0933. The maximum Gasteiger partial charge on any atom is 0.0734 e. The third kappa shape index (κ3) is 3.96. The molecule has 0 saturated carbocycles. The number of nitrogens with one attached hydrogen (secondary N) is 1. The highest BCUT2D eigenvalue weighted by Gasteiger charge is 2.20. The van der Waals surface area contributed by atoms with E-state index in [2.05, 4.69) is 25.2 Å². The lowest BCUT2D eigenvalue weighted by atomic mass is 9.98. The van der Waals surface area contributed by atoms with E-state index in [1.165, 1.54) is 32.1 Å². The van der Waals surface area contributed by atoms with Crippen LogP contribution in [0.15, 0.2) is 11.6 Å². The van der Waals surface area contributed by atoms with E-state index >= 15 is 0 Å². The van der Waals surface area contributed by atoms with Gasteiger partial charge >= 0.3 is 0 Å². The molecule has 1 rings (SSSR count). The van der Waals surface area contributed by atoms with E-state index in [9.17, 15) is 0 Å². The first-order chi connectivity index (χ1) is 7.29. The van der Waals surface area contributed by atoms with Crippen LogP contribution in [0.5, 0.6) is 0 Å². The molecule has 2 atom stereocenters. The molecule has 0 amide bonds. The molecular formula is C13H25NO. The van der Waals surface area contributed by atoms with Gasteiger partial charge in [-0.1, -0.05) is 25.0 Å². The summed E-state index contributed by atoms with van der Waals surface area (Å²) in [5.41, 5.74) is 1.56. The molecule has 2 unspecified atom stereocenters. The number of likely N-dealkylation sites (N-methyl/N-ethyl adjacent to an activating group) is 1. The van der Waals surface area contributed by atoms with Crippen LogP contribution in [-0.4, -0.2) is 25.8 Å². The van der Waals surface area contributed by atoms with Gasteiger partial charge < -0.3 is 10.1 Å². The maximum absolute atomic E-state index is 5.46. The summed E-state index contributed by atoms with van der Waals surface area (Å²) in [6.07, 6.45) is 9.25. The van der Waals surface area contributed by atoms with Crippen LogP contribution in [0, 0.1) is 0 Å². The standard InChI is InChI=1S/C13H25NO/c1-4-14-13(11(2)15-3)12-9-7-5-6-8-10-12/h9,11,13-14H,4-8,10H2,1-3H3. The predicted molar refractivity (Wildman–Crippen MR) is 65.1 cm³/mol. The summed E-state index contributed by atoms with van der Waals surface area (Å²) < 4.78 is 5.46. The van der Waals surface area contributed by atoms with Crippen molar-refractivity contribution in [1.29, 1.82) is 0 Å². The third-order valence-electron chi connectivity index (χ3n) is 3.24. The summed E-state index contributed by atoms with van der Waals surface area (Å²) >= 11 is 0. The first-order valence-electron chi connectivity index (χ1n) is 6.24. The maximum atomic E-state index is 5.46. The van der Waals surface area contributed by atoms with Gasteiger partial charge in [0.25, 0.3) is 0 Å². The minimum absolute atomic E-state index is 0.272. The van der Waals surface area contributed by atoms with Crippen LogP contribution in [0.3, 0.4) is 0 Å². The van der Waals surface area contributed by atoms with Crippen LogP contribution in [0.2, 0.25) is 0 Å². The lowest BCUT2D eigenvalue weighted by Crippen LogP contribution is -2.40. The summed E-state index contributed by atoms with van der Waals surface area (Å²) in [5, 5.41) is 3.54. The van der Waals surface area contributed by atoms with E-state index in [0.717, 1.165) is 6.54 Å². The van der Waals surface area contributed by atoms with Gasteiger partial charge in [-0.3, -0.25) is 0 Å². The smallest absolute Gasteiger partial charge is 0.0734 e. The highest BCUT2D eigenvalue weighted by molar-refractivity contribution is 5.14. The fourth-order valence-electron chi connectivity index (χ4n) is 2.28. The summed E-state index contributed by atoms with van der Waals surface area (Å²) in [6.45, 7) is 5.32. The molecule has 0 fully saturated rings. The Morgan fingerprint density at radius 1 is 1.40 bits per heavy atom. The van der Waals surface area contributed by atoms with Gasteiger partial charge in [-0.05, 0) is 39.2 Å². The average molecular weight is 211 g/mol. The summed E-state index contributed by atoms with van der Waals surface area (Å²) in [6, 6.07) is 0.415. The largest absolute Gasteiger partial charge is 0.380 e. The van der Waals surface area contributed by atoms with Crippen LogP contribution >= 0.6 is 0 Å². The molecular weight excluding hydrogens is 186 g/mol. The molecule has 2 heteroatoms. The number of methoxy groups -OCH3 is 1. The Labute approximate surface area is 94.1 Å². The zero-order chi connectivity index (χ0) is 11.1. The second-order valence-corrected chi connectivity index (χ2v) is 4.35. The monoisotopic (exact) mass is 211 g/mol. The minimum atomic E-state index is 0.272. The van der Waals surface area contributed by atoms with Gasteiger partial charge in [0.2, 0.25) is 0 Å². The first kappa shape index (κ1) is 12.7. The highest BCUT2D eigenvalue weighted by Crippen LogP contribution is 2.22. The number of hydrogen-bond donors (Lipinski definition) is 1. The van der Waals surface area contributed by atoms with Gasteiger partial charge in [-0.15, -0.1) is 0 Å². The van der Waals surface area contributed by atoms with E-state index in [1.807, 2.05) is 0 Å². The quantitative estimate of drug-likeness (QED) is 0.706. The van der Waals surface area contributed by atoms with E-state index in [-0.39, 0.29) is 6.10 Å². The summed E-state index contributed by atoms with van der Waals surface area (Å²) in [7, 11) is 1.80. The van der Waals surface area contributed by atoms with Crippen LogP contribution < -0.4 is 5.32 Å². The second kappa shape index (κ2) is 7.02. The van der Waals surface area contributed by atoms with Crippen molar-refractivity contribution >= 4 is 0 Å². The molecule has 15 heavy (non-hydrogen) atoms. The zero-order valence-electron chi connectivity index (χ0n) is 10.4. The molecule has 2 nitrogen and oxygen atoms in total. The molecule has 0 saturated heterocycles. The first-order valence-corrected chi connectivity index (χ1v) is 6.24. The molecule has 1 aliphatic carbocycles. The number of rotatable bonds is 5. The van der Waals surface area contributed by atoms with Crippen molar-refractivity contribution in [2.45, 2.75) is 58.1 Å². The minimum Gasteiger partial charge on any atom is -0.380 e. The van der Waals surface area contributed by atoms with Gasteiger partial charge in [0, 0.05) is 7.11 Å². The van der Waals surface area contributed by atoms with E-state index < -0.39 is 0 Å².